The number of likely N-dealkylation sites (N-methyl/N-ethyl adjacent to an activating group) is 1. The lowest BCUT2D eigenvalue weighted by Gasteiger charge is -2.26. The molecule has 0 saturated carbocycles. The number of benzene rings is 1. The molecule has 0 fully saturated rings. The maximum absolute atomic E-state index is 13.2. The van der Waals surface area contributed by atoms with Crippen molar-refractivity contribution in [2.24, 2.45) is 0 Å². The first-order chi connectivity index (χ1) is 8.99. The summed E-state index contributed by atoms with van der Waals surface area (Å²) in [6.07, 6.45) is 0. The SMILES string of the molecule is CCN(CC)C(C)CNc1cc(F)ccc1[N+](=O)[O-]. The molecule has 1 unspecified atom stereocenters. The van der Waals surface area contributed by atoms with E-state index in [0.717, 1.165) is 25.2 Å². The van der Waals surface area contributed by atoms with Crippen molar-refractivity contribution in [1.82, 2.24) is 4.90 Å². The molecule has 19 heavy (non-hydrogen) atoms. The van der Waals surface area contributed by atoms with Gasteiger partial charge in [0.2, 0.25) is 0 Å². The van der Waals surface area contributed by atoms with Crippen molar-refractivity contribution >= 4 is 11.4 Å². The normalized spacial score (nSPS) is 12.5. The molecular weight excluding hydrogens is 249 g/mol. The predicted molar refractivity (Wildman–Crippen MR) is 73.9 cm³/mol. The first-order valence-electron chi connectivity index (χ1n) is 6.41. The standard InChI is InChI=1S/C13H20FN3O2/c1-4-16(5-2)10(3)9-15-12-8-11(14)6-7-13(12)17(18)19/h6-8,10,15H,4-5,9H2,1-3H3. The average Bonchev–Trinajstić information content (AvgIpc) is 2.37. The number of hydrogen-bond acceptors (Lipinski definition) is 4. The fourth-order valence-electron chi connectivity index (χ4n) is 2.04. The van der Waals surface area contributed by atoms with Crippen LogP contribution in [0.1, 0.15) is 20.8 Å². The Morgan fingerprint density at radius 1 is 1.42 bits per heavy atom. The highest BCUT2D eigenvalue weighted by Gasteiger charge is 2.16. The molecule has 1 N–H and O–H groups in total. The third-order valence-corrected chi connectivity index (χ3v) is 3.18. The fraction of sp³-hybridized carbons (Fsp3) is 0.538. The van der Waals surface area contributed by atoms with Gasteiger partial charge in [-0.25, -0.2) is 4.39 Å². The molecule has 0 aromatic heterocycles. The molecule has 0 radical (unpaired) electrons. The molecule has 6 heteroatoms. The van der Waals surface area contributed by atoms with E-state index in [4.69, 9.17) is 0 Å². The van der Waals surface area contributed by atoms with E-state index in [1.54, 1.807) is 0 Å². The third kappa shape index (κ3) is 4.17. The van der Waals surface area contributed by atoms with Crippen LogP contribution in [0.25, 0.3) is 0 Å². The minimum absolute atomic E-state index is 0.104. The summed E-state index contributed by atoms with van der Waals surface area (Å²) >= 11 is 0. The second-order valence-electron chi connectivity index (χ2n) is 4.37. The Morgan fingerprint density at radius 3 is 2.58 bits per heavy atom. The molecule has 0 spiro atoms. The van der Waals surface area contributed by atoms with Crippen molar-refractivity contribution in [2.75, 3.05) is 25.0 Å². The van der Waals surface area contributed by atoms with Crippen molar-refractivity contribution in [3.05, 3.63) is 34.1 Å². The molecule has 1 aromatic rings. The van der Waals surface area contributed by atoms with E-state index in [0.29, 0.717) is 6.54 Å². The summed E-state index contributed by atoms with van der Waals surface area (Å²) in [5.74, 6) is -0.483. The zero-order valence-electron chi connectivity index (χ0n) is 11.5. The van der Waals surface area contributed by atoms with Crippen molar-refractivity contribution in [2.45, 2.75) is 26.8 Å². The molecule has 0 heterocycles. The second kappa shape index (κ2) is 7.04. The van der Waals surface area contributed by atoms with E-state index in [1.165, 1.54) is 6.07 Å². The highest BCUT2D eigenvalue weighted by Crippen LogP contribution is 2.24. The van der Waals surface area contributed by atoms with Gasteiger partial charge in [-0.15, -0.1) is 0 Å². The second-order valence-corrected chi connectivity index (χ2v) is 4.37. The Bertz CT molecular complexity index is 436. The Morgan fingerprint density at radius 2 is 2.05 bits per heavy atom. The highest BCUT2D eigenvalue weighted by atomic mass is 19.1. The summed E-state index contributed by atoms with van der Waals surface area (Å²) < 4.78 is 13.2. The summed E-state index contributed by atoms with van der Waals surface area (Å²) in [4.78, 5) is 12.6. The van der Waals surface area contributed by atoms with Crippen LogP contribution in [0.5, 0.6) is 0 Å². The van der Waals surface area contributed by atoms with Gasteiger partial charge in [-0.3, -0.25) is 15.0 Å². The third-order valence-electron chi connectivity index (χ3n) is 3.18. The summed E-state index contributed by atoms with van der Waals surface area (Å²) in [5.41, 5.74) is 0.122. The maximum Gasteiger partial charge on any atom is 0.292 e. The van der Waals surface area contributed by atoms with Crippen molar-refractivity contribution in [1.29, 1.82) is 0 Å². The maximum atomic E-state index is 13.2. The van der Waals surface area contributed by atoms with Gasteiger partial charge >= 0.3 is 0 Å². The summed E-state index contributed by atoms with van der Waals surface area (Å²) in [5, 5.41) is 13.8. The van der Waals surface area contributed by atoms with Crippen molar-refractivity contribution < 1.29 is 9.31 Å². The molecule has 1 aromatic carbocycles. The van der Waals surface area contributed by atoms with Crippen LogP contribution in [0.4, 0.5) is 15.8 Å². The molecule has 0 amide bonds. The lowest BCUT2D eigenvalue weighted by Crippen LogP contribution is -2.37. The smallest absolute Gasteiger partial charge is 0.292 e. The van der Waals surface area contributed by atoms with Crippen molar-refractivity contribution in [3.63, 3.8) is 0 Å². The van der Waals surface area contributed by atoms with E-state index in [2.05, 4.69) is 24.1 Å². The molecule has 1 atom stereocenters. The van der Waals surface area contributed by atoms with Gasteiger partial charge in [0.1, 0.15) is 11.5 Å². The number of hydrogen-bond donors (Lipinski definition) is 1. The van der Waals surface area contributed by atoms with Crippen LogP contribution in [0.15, 0.2) is 18.2 Å². The van der Waals surface area contributed by atoms with Gasteiger partial charge in [0.05, 0.1) is 4.92 Å². The monoisotopic (exact) mass is 269 g/mol. The molecule has 1 rings (SSSR count). The number of anilines is 1. The van der Waals surface area contributed by atoms with Crippen LogP contribution < -0.4 is 5.32 Å². The van der Waals surface area contributed by atoms with Crippen LogP contribution in [0.2, 0.25) is 0 Å². The molecule has 106 valence electrons. The first kappa shape index (κ1) is 15.4. The van der Waals surface area contributed by atoms with Gasteiger partial charge in [-0.2, -0.15) is 0 Å². The molecule has 0 saturated heterocycles. The zero-order valence-corrected chi connectivity index (χ0v) is 11.5. The highest BCUT2D eigenvalue weighted by molar-refractivity contribution is 5.61. The van der Waals surface area contributed by atoms with Crippen LogP contribution in [-0.4, -0.2) is 35.5 Å². The number of nitrogens with zero attached hydrogens (tertiary/aromatic N) is 2. The topological polar surface area (TPSA) is 58.4 Å². The number of nitro groups is 1. The largest absolute Gasteiger partial charge is 0.378 e. The average molecular weight is 269 g/mol. The number of rotatable bonds is 7. The summed E-state index contributed by atoms with van der Waals surface area (Å²) in [7, 11) is 0. The Labute approximate surface area is 112 Å². The Balaban J connectivity index is 2.76. The summed E-state index contributed by atoms with van der Waals surface area (Å²) in [6.45, 7) is 8.50. The van der Waals surface area contributed by atoms with Gasteiger partial charge < -0.3 is 5.32 Å². The molecule has 0 aliphatic rings. The molecule has 5 nitrogen and oxygen atoms in total. The van der Waals surface area contributed by atoms with E-state index < -0.39 is 10.7 Å². The van der Waals surface area contributed by atoms with E-state index in [1.807, 2.05) is 6.92 Å². The van der Waals surface area contributed by atoms with E-state index in [-0.39, 0.29) is 17.4 Å². The van der Waals surface area contributed by atoms with E-state index in [9.17, 15) is 14.5 Å². The van der Waals surface area contributed by atoms with Gasteiger partial charge in [0.15, 0.2) is 0 Å². The first-order valence-corrected chi connectivity index (χ1v) is 6.41. The van der Waals surface area contributed by atoms with Gasteiger partial charge in [-0.05, 0) is 26.1 Å². The van der Waals surface area contributed by atoms with Gasteiger partial charge in [-0.1, -0.05) is 13.8 Å². The molecule has 0 bridgehead atoms. The number of nitrogens with one attached hydrogen (secondary N) is 1. The fourth-order valence-corrected chi connectivity index (χ4v) is 2.04. The van der Waals surface area contributed by atoms with Crippen molar-refractivity contribution in [3.8, 4) is 0 Å². The van der Waals surface area contributed by atoms with E-state index >= 15 is 0 Å². The quantitative estimate of drug-likeness (QED) is 0.611. The molecule has 0 aliphatic carbocycles. The Hall–Kier alpha value is -1.69. The molecular formula is C13H20FN3O2. The Kier molecular flexibility index (Phi) is 5.69. The number of nitro benzene ring substituents is 1. The van der Waals surface area contributed by atoms with Crippen LogP contribution in [0.3, 0.4) is 0 Å². The van der Waals surface area contributed by atoms with Crippen LogP contribution >= 0.6 is 0 Å². The minimum atomic E-state index is -0.510. The van der Waals surface area contributed by atoms with Gasteiger partial charge in [0, 0.05) is 24.7 Å². The lowest BCUT2D eigenvalue weighted by atomic mass is 10.2. The number of halogens is 1. The molecule has 0 aliphatic heterocycles. The predicted octanol–water partition coefficient (Wildman–Crippen LogP) is 2.88. The zero-order chi connectivity index (χ0) is 14.4. The van der Waals surface area contributed by atoms with Crippen LogP contribution in [-0.2, 0) is 0 Å². The minimum Gasteiger partial charge on any atom is -0.378 e. The van der Waals surface area contributed by atoms with Crippen LogP contribution in [0, 0.1) is 15.9 Å². The summed E-state index contributed by atoms with van der Waals surface area (Å²) in [6, 6.07) is 3.65. The van der Waals surface area contributed by atoms with Gasteiger partial charge in [0.25, 0.3) is 5.69 Å². The lowest BCUT2D eigenvalue weighted by molar-refractivity contribution is -0.384.